The molecule has 2 aliphatic rings. The summed E-state index contributed by atoms with van der Waals surface area (Å²) < 4.78 is 0. The number of carbonyl (C=O) groups excluding carboxylic acids is 4. The van der Waals surface area contributed by atoms with Gasteiger partial charge in [-0.2, -0.15) is 0 Å². The average Bonchev–Trinajstić information content (AvgIpc) is 3.54. The summed E-state index contributed by atoms with van der Waals surface area (Å²) in [5.41, 5.74) is 5.81. The van der Waals surface area contributed by atoms with Crippen LogP contribution in [0.2, 0.25) is 0 Å². The lowest BCUT2D eigenvalue weighted by molar-refractivity contribution is -0.145. The van der Waals surface area contributed by atoms with Crippen molar-refractivity contribution >= 4 is 29.6 Å². The molecule has 12 nitrogen and oxygen atoms in total. The zero-order valence-electron chi connectivity index (χ0n) is 19.9. The Balaban J connectivity index is 1.74. The van der Waals surface area contributed by atoms with Crippen molar-refractivity contribution in [3.05, 3.63) is 29.8 Å². The Kier molecular flexibility index (Phi) is 9.23. The van der Waals surface area contributed by atoms with E-state index in [2.05, 4.69) is 16.0 Å². The van der Waals surface area contributed by atoms with Crippen LogP contribution in [0.4, 0.5) is 0 Å². The van der Waals surface area contributed by atoms with Crippen LogP contribution < -0.4 is 21.7 Å². The van der Waals surface area contributed by atoms with E-state index in [0.29, 0.717) is 31.4 Å². The van der Waals surface area contributed by atoms with E-state index in [1.807, 2.05) is 0 Å². The van der Waals surface area contributed by atoms with Gasteiger partial charge in [0.25, 0.3) is 0 Å². The summed E-state index contributed by atoms with van der Waals surface area (Å²) in [6.45, 7) is 0.989. The second-order valence-electron chi connectivity index (χ2n) is 9.17. The van der Waals surface area contributed by atoms with Gasteiger partial charge >= 0.3 is 5.97 Å². The summed E-state index contributed by atoms with van der Waals surface area (Å²) in [7, 11) is 0. The highest BCUT2D eigenvalue weighted by molar-refractivity contribution is 5.94. The summed E-state index contributed by atoms with van der Waals surface area (Å²) >= 11 is 0. The Morgan fingerprint density at radius 2 is 1.72 bits per heavy atom. The molecule has 1 aromatic rings. The molecular weight excluding hydrogens is 470 g/mol. The third-order valence-electron chi connectivity index (χ3n) is 6.50. The van der Waals surface area contributed by atoms with Gasteiger partial charge in [0.1, 0.15) is 23.9 Å². The van der Waals surface area contributed by atoms with Crippen LogP contribution >= 0.6 is 0 Å². The number of phenolic OH excluding ortho intramolecular Hbond substituents is 1. The summed E-state index contributed by atoms with van der Waals surface area (Å²) in [5, 5.41) is 27.3. The molecular formula is C24H33N5O7. The van der Waals surface area contributed by atoms with Crippen molar-refractivity contribution in [2.75, 3.05) is 13.1 Å². The number of likely N-dealkylation sites (tertiary alicyclic amines) is 1. The topological polar surface area (TPSA) is 191 Å². The van der Waals surface area contributed by atoms with Crippen molar-refractivity contribution in [1.29, 1.82) is 0 Å². The number of rotatable bonds is 11. The van der Waals surface area contributed by atoms with Crippen LogP contribution in [0, 0.1) is 0 Å². The predicted octanol–water partition coefficient (Wildman–Crippen LogP) is -1.00. The van der Waals surface area contributed by atoms with E-state index in [0.717, 1.165) is 6.42 Å². The van der Waals surface area contributed by atoms with Crippen LogP contribution in [-0.2, 0) is 30.4 Å². The fourth-order valence-corrected chi connectivity index (χ4v) is 4.56. The highest BCUT2D eigenvalue weighted by atomic mass is 16.4. The summed E-state index contributed by atoms with van der Waals surface area (Å²) in [5.74, 6) is -3.30. The highest BCUT2D eigenvalue weighted by Gasteiger charge is 2.39. The molecule has 36 heavy (non-hydrogen) atoms. The minimum absolute atomic E-state index is 0.0708. The van der Waals surface area contributed by atoms with Gasteiger partial charge in [-0.3, -0.25) is 19.2 Å². The minimum Gasteiger partial charge on any atom is -0.508 e. The first kappa shape index (κ1) is 26.9. The van der Waals surface area contributed by atoms with Crippen LogP contribution in [0.3, 0.4) is 0 Å². The Morgan fingerprint density at radius 3 is 2.33 bits per heavy atom. The lowest BCUT2D eigenvalue weighted by Gasteiger charge is -2.30. The number of hydrogen-bond donors (Lipinski definition) is 6. The Labute approximate surface area is 208 Å². The quantitative estimate of drug-likeness (QED) is 0.221. The van der Waals surface area contributed by atoms with Crippen molar-refractivity contribution in [2.45, 2.75) is 69.1 Å². The maximum atomic E-state index is 13.6. The maximum Gasteiger partial charge on any atom is 0.326 e. The Bertz CT molecular complexity index is 978. The minimum atomic E-state index is -1.32. The third kappa shape index (κ3) is 7.17. The van der Waals surface area contributed by atoms with Gasteiger partial charge in [-0.25, -0.2) is 4.79 Å². The van der Waals surface area contributed by atoms with E-state index in [1.54, 1.807) is 12.1 Å². The van der Waals surface area contributed by atoms with Crippen LogP contribution in [0.5, 0.6) is 5.75 Å². The molecule has 1 aromatic carbocycles. The second-order valence-corrected chi connectivity index (χ2v) is 9.17. The van der Waals surface area contributed by atoms with Gasteiger partial charge in [0.05, 0.1) is 6.04 Å². The molecule has 2 saturated heterocycles. The number of primary amides is 1. The summed E-state index contributed by atoms with van der Waals surface area (Å²) in [6.07, 6.45) is 2.16. The molecule has 7 N–H and O–H groups in total. The van der Waals surface area contributed by atoms with Crippen LogP contribution in [-0.4, -0.2) is 82.0 Å². The van der Waals surface area contributed by atoms with Crippen LogP contribution in [0.25, 0.3) is 0 Å². The molecule has 2 heterocycles. The molecule has 4 unspecified atom stereocenters. The van der Waals surface area contributed by atoms with E-state index in [-0.39, 0.29) is 37.5 Å². The van der Waals surface area contributed by atoms with Gasteiger partial charge in [-0.1, -0.05) is 12.1 Å². The highest BCUT2D eigenvalue weighted by Crippen LogP contribution is 2.21. The first-order valence-corrected chi connectivity index (χ1v) is 12.1. The normalized spacial score (nSPS) is 20.9. The molecule has 0 aromatic heterocycles. The Morgan fingerprint density at radius 1 is 1.03 bits per heavy atom. The standard InChI is InChI=1S/C24H33N5O7/c25-20(31)10-9-17(24(35)36)27-22(33)19-4-2-12-29(19)23(34)18(13-14-5-7-15(30)8-6-14)28-21(32)16-3-1-11-26-16/h5-8,16-19,26,30H,1-4,9-13H2,(H2,25,31)(H,27,33)(H,28,32)(H,35,36). The molecule has 3 rings (SSSR count). The van der Waals surface area contributed by atoms with Gasteiger partial charge in [-0.05, 0) is 56.3 Å². The van der Waals surface area contributed by atoms with Crippen LogP contribution in [0.15, 0.2) is 24.3 Å². The van der Waals surface area contributed by atoms with Crippen LogP contribution in [0.1, 0.15) is 44.1 Å². The third-order valence-corrected chi connectivity index (χ3v) is 6.50. The first-order chi connectivity index (χ1) is 17.2. The smallest absolute Gasteiger partial charge is 0.326 e. The van der Waals surface area contributed by atoms with Crippen molar-refractivity contribution in [3.63, 3.8) is 0 Å². The molecule has 2 fully saturated rings. The number of nitrogens with zero attached hydrogens (tertiary/aromatic N) is 1. The molecule has 0 aliphatic carbocycles. The van der Waals surface area contributed by atoms with Gasteiger partial charge in [-0.15, -0.1) is 0 Å². The molecule has 4 amide bonds. The molecule has 196 valence electrons. The summed E-state index contributed by atoms with van der Waals surface area (Å²) in [4.78, 5) is 63.3. The maximum absolute atomic E-state index is 13.6. The van der Waals surface area contributed by atoms with E-state index >= 15 is 0 Å². The lowest BCUT2D eigenvalue weighted by Crippen LogP contribution is -2.57. The zero-order chi connectivity index (χ0) is 26.2. The number of aromatic hydroxyl groups is 1. The number of nitrogens with two attached hydrogens (primary N) is 1. The fraction of sp³-hybridized carbons (Fsp3) is 0.542. The second kappa shape index (κ2) is 12.3. The van der Waals surface area contributed by atoms with Crippen molar-refractivity contribution in [1.82, 2.24) is 20.9 Å². The number of aliphatic carboxylic acids is 1. The molecule has 0 saturated carbocycles. The van der Waals surface area contributed by atoms with Crippen molar-refractivity contribution in [2.24, 2.45) is 5.73 Å². The average molecular weight is 504 g/mol. The molecule has 0 spiro atoms. The number of benzene rings is 1. The molecule has 12 heteroatoms. The largest absolute Gasteiger partial charge is 0.508 e. The van der Waals surface area contributed by atoms with Gasteiger partial charge in [0.2, 0.25) is 23.6 Å². The number of carboxylic acids is 1. The zero-order valence-corrected chi connectivity index (χ0v) is 19.9. The van der Waals surface area contributed by atoms with Gasteiger partial charge < -0.3 is 36.8 Å². The monoisotopic (exact) mass is 503 g/mol. The number of hydrogen-bond acceptors (Lipinski definition) is 7. The number of carbonyl (C=O) groups is 5. The first-order valence-electron chi connectivity index (χ1n) is 12.1. The Hall–Kier alpha value is -3.67. The summed E-state index contributed by atoms with van der Waals surface area (Å²) in [6, 6.07) is 2.70. The van der Waals surface area contributed by atoms with E-state index in [9.17, 15) is 34.2 Å². The number of amides is 4. The van der Waals surface area contributed by atoms with Crippen molar-refractivity contribution < 1.29 is 34.2 Å². The molecule has 0 bridgehead atoms. The molecule has 2 aliphatic heterocycles. The molecule has 0 radical (unpaired) electrons. The molecule has 4 atom stereocenters. The fourth-order valence-electron chi connectivity index (χ4n) is 4.56. The van der Waals surface area contributed by atoms with E-state index in [1.165, 1.54) is 17.0 Å². The van der Waals surface area contributed by atoms with Crippen molar-refractivity contribution in [3.8, 4) is 5.75 Å². The number of phenols is 1. The van der Waals surface area contributed by atoms with E-state index < -0.39 is 47.9 Å². The lowest BCUT2D eigenvalue weighted by atomic mass is 10.0. The van der Waals surface area contributed by atoms with Gasteiger partial charge in [0.15, 0.2) is 0 Å². The predicted molar refractivity (Wildman–Crippen MR) is 127 cm³/mol. The number of nitrogens with one attached hydrogen (secondary N) is 3. The van der Waals surface area contributed by atoms with Gasteiger partial charge in [0, 0.05) is 19.4 Å². The van der Waals surface area contributed by atoms with E-state index in [4.69, 9.17) is 5.73 Å². The SMILES string of the molecule is NC(=O)CCC(NC(=O)C1CCCN1C(=O)C(Cc1ccc(O)cc1)NC(=O)C1CCCN1)C(=O)O. The number of carboxylic acid groups (broad SMARTS) is 1.